The highest BCUT2D eigenvalue weighted by Crippen LogP contribution is 2.45. The number of furan rings is 1. The van der Waals surface area contributed by atoms with Crippen LogP contribution in [-0.4, -0.2) is 4.57 Å². The van der Waals surface area contributed by atoms with Crippen LogP contribution in [0.25, 0.3) is 101 Å². The summed E-state index contributed by atoms with van der Waals surface area (Å²) in [5, 5.41) is 10.2. The predicted octanol–water partition coefficient (Wildman–Crippen LogP) is 13.1. The van der Waals surface area contributed by atoms with E-state index in [-0.39, 0.29) is 0 Å². The molecule has 4 heteroatoms. The van der Waals surface area contributed by atoms with Crippen molar-refractivity contribution in [3.05, 3.63) is 140 Å². The maximum absolute atomic E-state index is 6.26. The summed E-state index contributed by atoms with van der Waals surface area (Å²) in [5.74, 6) is 0. The van der Waals surface area contributed by atoms with E-state index < -0.39 is 0 Å². The van der Waals surface area contributed by atoms with Crippen LogP contribution >= 0.6 is 22.7 Å². The molecule has 0 saturated carbocycles. The van der Waals surface area contributed by atoms with Crippen molar-refractivity contribution in [3.8, 4) is 16.8 Å². The Hall–Kier alpha value is -5.42. The van der Waals surface area contributed by atoms with Crippen LogP contribution < -0.4 is 0 Å². The van der Waals surface area contributed by atoms with Gasteiger partial charge in [0.25, 0.3) is 0 Å². The van der Waals surface area contributed by atoms with E-state index in [4.69, 9.17) is 4.42 Å². The quantitative estimate of drug-likeness (QED) is 0.188. The third-order valence-electron chi connectivity index (χ3n) is 9.60. The first-order valence-corrected chi connectivity index (χ1v) is 17.1. The molecule has 0 aliphatic rings. The molecule has 0 bridgehead atoms. The average Bonchev–Trinajstić information content (AvgIpc) is 3.85. The van der Waals surface area contributed by atoms with Gasteiger partial charge in [0, 0.05) is 73.1 Å². The summed E-state index contributed by atoms with van der Waals surface area (Å²) in [4.78, 5) is 0. The Labute approximate surface area is 270 Å². The number of fused-ring (bicyclic) bond motifs is 12. The molecule has 0 atom stereocenters. The molecular formula is C42H23NOS2. The highest BCUT2D eigenvalue weighted by atomic mass is 32.1. The van der Waals surface area contributed by atoms with E-state index in [1.807, 2.05) is 28.7 Å². The van der Waals surface area contributed by atoms with Gasteiger partial charge in [0.2, 0.25) is 0 Å². The standard InChI is InChI=1S/C42H23NOS2/c1-4-15-34-25(9-1)31-22-33-26-10-3-6-18-38(26)45-40(33)23-35(31)43(34)24-19-20-39-32(21-24)29-14-7-13-28(42(29)46-39)27-12-8-17-37-41(27)30-11-2-5-16-36(30)44-37/h1-23H. The first kappa shape index (κ1) is 24.8. The van der Waals surface area contributed by atoms with Crippen LogP contribution in [0.3, 0.4) is 0 Å². The molecule has 0 fully saturated rings. The molecule has 46 heavy (non-hydrogen) atoms. The minimum atomic E-state index is 0.928. The monoisotopic (exact) mass is 621 g/mol. The smallest absolute Gasteiger partial charge is 0.136 e. The Morgan fingerprint density at radius 2 is 1.13 bits per heavy atom. The van der Waals surface area contributed by atoms with Gasteiger partial charge in [-0.2, -0.15) is 0 Å². The Morgan fingerprint density at radius 1 is 0.413 bits per heavy atom. The van der Waals surface area contributed by atoms with E-state index >= 15 is 0 Å². The first-order valence-electron chi connectivity index (χ1n) is 15.5. The molecular weight excluding hydrogens is 599 g/mol. The molecule has 0 unspecified atom stereocenters. The van der Waals surface area contributed by atoms with E-state index in [0.717, 1.165) is 16.6 Å². The van der Waals surface area contributed by atoms with Crippen molar-refractivity contribution >= 4 is 107 Å². The van der Waals surface area contributed by atoms with Crippen molar-refractivity contribution in [2.24, 2.45) is 0 Å². The van der Waals surface area contributed by atoms with E-state index in [0.29, 0.717) is 0 Å². The zero-order valence-corrected chi connectivity index (χ0v) is 26.1. The maximum Gasteiger partial charge on any atom is 0.136 e. The Bertz CT molecular complexity index is 3040. The normalized spacial score (nSPS) is 12.3. The Balaban J connectivity index is 1.17. The third-order valence-corrected chi connectivity index (χ3v) is 12.0. The van der Waals surface area contributed by atoms with Gasteiger partial charge in [-0.25, -0.2) is 0 Å². The Morgan fingerprint density at radius 3 is 2.09 bits per heavy atom. The van der Waals surface area contributed by atoms with Crippen LogP contribution in [0.4, 0.5) is 0 Å². The van der Waals surface area contributed by atoms with Gasteiger partial charge in [0.15, 0.2) is 0 Å². The van der Waals surface area contributed by atoms with E-state index in [9.17, 15) is 0 Å². The minimum absolute atomic E-state index is 0.928. The van der Waals surface area contributed by atoms with Crippen molar-refractivity contribution in [1.82, 2.24) is 4.57 Å². The zero-order chi connectivity index (χ0) is 29.9. The molecule has 0 aliphatic carbocycles. The number of nitrogens with zero attached hydrogens (tertiary/aromatic N) is 1. The lowest BCUT2D eigenvalue weighted by Gasteiger charge is -2.09. The van der Waals surface area contributed by atoms with Gasteiger partial charge in [-0.1, -0.05) is 84.9 Å². The van der Waals surface area contributed by atoms with E-state index in [1.54, 1.807) is 0 Å². The first-order chi connectivity index (χ1) is 22.8. The van der Waals surface area contributed by atoms with Crippen molar-refractivity contribution in [2.75, 3.05) is 0 Å². The Kier molecular flexibility index (Phi) is 4.90. The maximum atomic E-state index is 6.26. The number of thiophene rings is 2. The number of benzene rings is 7. The molecule has 11 rings (SSSR count). The van der Waals surface area contributed by atoms with Crippen molar-refractivity contribution < 1.29 is 4.42 Å². The van der Waals surface area contributed by atoms with Gasteiger partial charge in [-0.05, 0) is 60.2 Å². The van der Waals surface area contributed by atoms with Crippen molar-refractivity contribution in [2.45, 2.75) is 0 Å². The topological polar surface area (TPSA) is 18.1 Å². The molecule has 214 valence electrons. The molecule has 0 saturated heterocycles. The summed E-state index contributed by atoms with van der Waals surface area (Å²) in [6, 6.07) is 50.9. The summed E-state index contributed by atoms with van der Waals surface area (Å²) in [7, 11) is 0. The molecule has 0 N–H and O–H groups in total. The number of rotatable bonds is 2. The molecule has 7 aromatic carbocycles. The fourth-order valence-electron chi connectivity index (χ4n) is 7.60. The summed E-state index contributed by atoms with van der Waals surface area (Å²) in [6.45, 7) is 0. The lowest BCUT2D eigenvalue weighted by Crippen LogP contribution is -1.93. The third kappa shape index (κ3) is 3.30. The molecule has 11 aromatic rings. The van der Waals surface area contributed by atoms with Crippen LogP contribution in [0.5, 0.6) is 0 Å². The van der Waals surface area contributed by atoms with E-state index in [1.165, 1.54) is 84.4 Å². The largest absolute Gasteiger partial charge is 0.456 e. The minimum Gasteiger partial charge on any atom is -0.456 e. The average molecular weight is 622 g/mol. The number of hydrogen-bond donors (Lipinski definition) is 0. The summed E-state index contributed by atoms with van der Waals surface area (Å²) < 4.78 is 14.0. The summed E-state index contributed by atoms with van der Waals surface area (Å²) in [6.07, 6.45) is 0. The number of aromatic nitrogens is 1. The molecule has 0 radical (unpaired) electrons. The highest BCUT2D eigenvalue weighted by Gasteiger charge is 2.19. The van der Waals surface area contributed by atoms with Crippen molar-refractivity contribution in [3.63, 3.8) is 0 Å². The van der Waals surface area contributed by atoms with Gasteiger partial charge < -0.3 is 8.98 Å². The van der Waals surface area contributed by atoms with Crippen LogP contribution in [0.15, 0.2) is 144 Å². The fourth-order valence-corrected chi connectivity index (χ4v) is 9.93. The number of hydrogen-bond acceptors (Lipinski definition) is 3. The summed E-state index contributed by atoms with van der Waals surface area (Å²) >= 11 is 3.76. The van der Waals surface area contributed by atoms with E-state index in [2.05, 4.69) is 138 Å². The van der Waals surface area contributed by atoms with Gasteiger partial charge in [-0.15, -0.1) is 22.7 Å². The van der Waals surface area contributed by atoms with Gasteiger partial charge in [0.1, 0.15) is 11.2 Å². The molecule has 2 nitrogen and oxygen atoms in total. The summed E-state index contributed by atoms with van der Waals surface area (Å²) in [5.41, 5.74) is 7.99. The van der Waals surface area contributed by atoms with Gasteiger partial charge >= 0.3 is 0 Å². The molecule has 4 aromatic heterocycles. The molecule has 0 aliphatic heterocycles. The fraction of sp³-hybridized carbons (Fsp3) is 0. The van der Waals surface area contributed by atoms with Crippen LogP contribution in [-0.2, 0) is 0 Å². The second kappa shape index (κ2) is 9.07. The van der Waals surface area contributed by atoms with Gasteiger partial charge in [-0.3, -0.25) is 0 Å². The lowest BCUT2D eigenvalue weighted by molar-refractivity contribution is 0.669. The molecule has 4 heterocycles. The van der Waals surface area contributed by atoms with Crippen LogP contribution in [0.1, 0.15) is 0 Å². The zero-order valence-electron chi connectivity index (χ0n) is 24.5. The second-order valence-corrected chi connectivity index (χ2v) is 14.2. The van der Waals surface area contributed by atoms with Gasteiger partial charge in [0.05, 0.1) is 11.0 Å². The predicted molar refractivity (Wildman–Crippen MR) is 199 cm³/mol. The SMILES string of the molecule is c1ccc2c(c1)oc1cccc(-c3cccc4c3sc3ccc(-n5c6ccccc6c6cc7c(cc65)sc5ccccc57)cc34)c12. The van der Waals surface area contributed by atoms with Crippen LogP contribution in [0, 0.1) is 0 Å². The second-order valence-electron chi connectivity index (χ2n) is 12.1. The molecule has 0 amide bonds. The lowest BCUT2D eigenvalue weighted by atomic mass is 9.98. The van der Waals surface area contributed by atoms with Crippen molar-refractivity contribution in [1.29, 1.82) is 0 Å². The highest BCUT2D eigenvalue weighted by molar-refractivity contribution is 7.26. The number of para-hydroxylation sites is 2. The van der Waals surface area contributed by atoms with Crippen LogP contribution in [0.2, 0.25) is 0 Å². The molecule has 0 spiro atoms.